The molecule has 0 aromatic heterocycles. The van der Waals surface area contributed by atoms with Gasteiger partial charge in [-0.05, 0) is 23.0 Å². The fourth-order valence-corrected chi connectivity index (χ4v) is 3.21. The van der Waals surface area contributed by atoms with Crippen LogP contribution in [-0.2, 0) is 14.1 Å². The van der Waals surface area contributed by atoms with Crippen LogP contribution in [0.2, 0.25) is 0 Å². The van der Waals surface area contributed by atoms with Gasteiger partial charge in [-0.3, -0.25) is 9.36 Å². The molecule has 0 heterocycles. The Hall–Kier alpha value is -0.570. The van der Waals surface area contributed by atoms with Crippen LogP contribution in [0.3, 0.4) is 0 Å². The summed E-state index contributed by atoms with van der Waals surface area (Å²) in [5, 5.41) is 0. The molecule has 4 nitrogen and oxygen atoms in total. The molecule has 98 valence electrons. The van der Waals surface area contributed by atoms with Crippen molar-refractivity contribution in [1.82, 2.24) is 4.67 Å². The van der Waals surface area contributed by atoms with Crippen LogP contribution in [0.4, 0.5) is 0 Å². The summed E-state index contributed by atoms with van der Waals surface area (Å²) in [5.41, 5.74) is 0. The molecule has 0 saturated carbocycles. The molecule has 0 aliphatic heterocycles. The van der Waals surface area contributed by atoms with Crippen molar-refractivity contribution in [3.63, 3.8) is 0 Å². The van der Waals surface area contributed by atoms with Crippen LogP contribution in [0.25, 0.3) is 0 Å². The number of hydrogen-bond donors (Lipinski definition) is 0. The van der Waals surface area contributed by atoms with Gasteiger partial charge < -0.3 is 4.74 Å². The number of esters is 1. The van der Waals surface area contributed by atoms with Gasteiger partial charge in [-0.1, -0.05) is 26.5 Å². The van der Waals surface area contributed by atoms with Crippen molar-refractivity contribution in [1.29, 1.82) is 0 Å². The van der Waals surface area contributed by atoms with Gasteiger partial charge in [0.2, 0.25) is 0 Å². The monoisotopic (exact) mass is 279 g/mol. The first-order valence-electron chi connectivity index (χ1n) is 5.20. The number of ether oxygens (including phenoxy) is 1. The van der Waals surface area contributed by atoms with Gasteiger partial charge in [0, 0.05) is 6.54 Å². The lowest BCUT2D eigenvalue weighted by molar-refractivity contribution is -0.146. The first kappa shape index (κ1) is 16.4. The van der Waals surface area contributed by atoms with Crippen LogP contribution in [0.5, 0.6) is 0 Å². The lowest BCUT2D eigenvalue weighted by Gasteiger charge is -2.32. The lowest BCUT2D eigenvalue weighted by Crippen LogP contribution is -2.42. The van der Waals surface area contributed by atoms with Crippen LogP contribution in [0.15, 0.2) is 25.1 Å². The van der Waals surface area contributed by atoms with Crippen molar-refractivity contribution in [3.05, 3.63) is 25.1 Å². The zero-order valence-corrected chi connectivity index (χ0v) is 12.1. The van der Waals surface area contributed by atoms with Crippen molar-refractivity contribution in [2.45, 2.75) is 19.9 Å². The molecule has 0 fully saturated rings. The maximum atomic E-state index is 12.2. The molecule has 0 unspecified atom stereocenters. The second-order valence-electron chi connectivity index (χ2n) is 3.85. The van der Waals surface area contributed by atoms with E-state index in [1.54, 1.807) is 0 Å². The zero-order valence-electron chi connectivity index (χ0n) is 10.4. The number of nitrogens with zero attached hydrogens (tertiary/aromatic N) is 1. The molecule has 0 amide bonds. The van der Waals surface area contributed by atoms with Gasteiger partial charge in [0.15, 0.2) is 0 Å². The molecular weight excluding hydrogens is 261 g/mol. The Morgan fingerprint density at radius 2 is 2.06 bits per heavy atom. The Bertz CT molecular complexity index is 344. The highest BCUT2D eigenvalue weighted by Gasteiger charge is 2.37. The predicted octanol–water partition coefficient (Wildman–Crippen LogP) is 3.25. The third kappa shape index (κ3) is 4.30. The Balaban J connectivity index is 5.38. The normalized spacial score (nSPS) is 16.4. The topological polar surface area (TPSA) is 46.6 Å². The highest BCUT2D eigenvalue weighted by molar-refractivity contribution is 7.89. The van der Waals surface area contributed by atoms with Gasteiger partial charge in [-0.15, -0.1) is 6.58 Å². The number of halogens is 1. The van der Waals surface area contributed by atoms with Crippen molar-refractivity contribution >= 4 is 23.9 Å². The zero-order chi connectivity index (χ0) is 13.6. The molecule has 0 saturated heterocycles. The number of rotatable bonds is 7. The molecule has 0 N–H and O–H groups in total. The Morgan fingerprint density at radius 1 is 1.53 bits per heavy atom. The Kier molecular flexibility index (Phi) is 6.76. The highest BCUT2D eigenvalue weighted by Crippen LogP contribution is 2.57. The van der Waals surface area contributed by atoms with E-state index in [0.29, 0.717) is 0 Å². The van der Waals surface area contributed by atoms with E-state index in [0.717, 1.165) is 5.82 Å². The summed E-state index contributed by atoms with van der Waals surface area (Å²) in [7, 11) is 1.29. The van der Waals surface area contributed by atoms with Crippen LogP contribution in [0.1, 0.15) is 13.8 Å². The average molecular weight is 280 g/mol. The molecule has 0 aromatic rings. The van der Waals surface area contributed by atoms with E-state index in [2.05, 4.69) is 13.2 Å². The third-order valence-electron chi connectivity index (χ3n) is 2.29. The smallest absolute Gasteiger partial charge is 0.323 e. The number of methoxy groups -OCH3 is 1. The molecule has 0 radical (unpaired) electrons. The summed E-state index contributed by atoms with van der Waals surface area (Å²) < 4.78 is 18.2. The summed E-state index contributed by atoms with van der Waals surface area (Å²) in [6, 6.07) is -0.681. The van der Waals surface area contributed by atoms with Crippen LogP contribution in [0, 0.1) is 5.92 Å². The van der Waals surface area contributed by atoms with Gasteiger partial charge in [0.1, 0.15) is 6.04 Å². The molecular formula is C11H19ClNO3P. The largest absolute Gasteiger partial charge is 0.468 e. The summed E-state index contributed by atoms with van der Waals surface area (Å²) in [4.78, 5) is 11.7. The van der Waals surface area contributed by atoms with Gasteiger partial charge in [0.25, 0.3) is 6.65 Å². The molecule has 0 rings (SSSR count). The van der Waals surface area contributed by atoms with E-state index in [1.807, 2.05) is 13.8 Å². The minimum absolute atomic E-state index is 0.0885. The molecule has 0 spiro atoms. The first-order valence-corrected chi connectivity index (χ1v) is 7.84. The predicted molar refractivity (Wildman–Crippen MR) is 71.2 cm³/mol. The maximum Gasteiger partial charge on any atom is 0.323 e. The van der Waals surface area contributed by atoms with Crippen molar-refractivity contribution in [2.24, 2.45) is 5.92 Å². The highest BCUT2D eigenvalue weighted by atomic mass is 35.7. The fourth-order valence-electron chi connectivity index (χ4n) is 1.49. The quantitative estimate of drug-likeness (QED) is 0.408. The van der Waals surface area contributed by atoms with E-state index in [-0.39, 0.29) is 12.5 Å². The minimum atomic E-state index is -3.28. The Labute approximate surface area is 107 Å². The molecule has 0 bridgehead atoms. The molecule has 17 heavy (non-hydrogen) atoms. The van der Waals surface area contributed by atoms with Crippen molar-refractivity contribution in [3.8, 4) is 0 Å². The van der Waals surface area contributed by atoms with E-state index in [1.165, 1.54) is 17.9 Å². The Morgan fingerprint density at radius 3 is 2.35 bits per heavy atom. The maximum absolute atomic E-state index is 12.2. The number of hydrogen-bond acceptors (Lipinski definition) is 3. The van der Waals surface area contributed by atoms with Crippen LogP contribution < -0.4 is 0 Å². The summed E-state index contributed by atoms with van der Waals surface area (Å²) >= 11 is 5.91. The minimum Gasteiger partial charge on any atom is -0.468 e. The summed E-state index contributed by atoms with van der Waals surface area (Å²) in [6.45, 7) is 7.62. The molecule has 6 heteroatoms. The summed E-state index contributed by atoms with van der Waals surface area (Å²) in [6.07, 6.45) is 1.54. The number of carbonyl (C=O) groups is 1. The summed E-state index contributed by atoms with van der Waals surface area (Å²) in [5.74, 6) is 0.607. The van der Waals surface area contributed by atoms with Crippen LogP contribution in [-0.4, -0.2) is 30.3 Å². The third-order valence-corrected chi connectivity index (χ3v) is 4.85. The second kappa shape index (κ2) is 7.00. The van der Waals surface area contributed by atoms with E-state index < -0.39 is 18.7 Å². The lowest BCUT2D eigenvalue weighted by atomic mass is 10.0. The van der Waals surface area contributed by atoms with Gasteiger partial charge in [-0.2, -0.15) is 0 Å². The number of carbonyl (C=O) groups excluding carboxylic acids is 1. The van der Waals surface area contributed by atoms with E-state index >= 15 is 0 Å². The first-order chi connectivity index (χ1) is 7.81. The molecule has 0 aliphatic carbocycles. The van der Waals surface area contributed by atoms with E-state index in [4.69, 9.17) is 16.0 Å². The van der Waals surface area contributed by atoms with Gasteiger partial charge in [-0.25, -0.2) is 4.67 Å². The standard InChI is InChI=1S/C11H19ClNO3P/c1-6-8-13(17(12,15)7-2)10(9(3)4)11(14)16-5/h6-7,9-10H,1-2,8H2,3-5H3/t10-,17-/m0/s1. The average Bonchev–Trinajstić information content (AvgIpc) is 2.27. The van der Waals surface area contributed by atoms with E-state index in [9.17, 15) is 9.36 Å². The van der Waals surface area contributed by atoms with Gasteiger partial charge in [0.05, 0.1) is 7.11 Å². The second-order valence-corrected chi connectivity index (χ2v) is 7.27. The SMILES string of the molecule is C=CCN([C@H](C(=O)OC)C(C)C)[P@@](=O)(Cl)C=C. The van der Waals surface area contributed by atoms with Crippen LogP contribution >= 0.6 is 17.9 Å². The van der Waals surface area contributed by atoms with Gasteiger partial charge >= 0.3 is 5.97 Å². The fraction of sp³-hybridized carbons (Fsp3) is 0.545. The molecule has 0 aromatic carbocycles. The van der Waals surface area contributed by atoms with Crippen molar-refractivity contribution < 1.29 is 14.1 Å². The van der Waals surface area contributed by atoms with Crippen molar-refractivity contribution in [2.75, 3.05) is 13.7 Å². The molecule has 2 atom stereocenters. The molecule has 0 aliphatic rings.